The molecule has 2 rings (SSSR count). The van der Waals surface area contributed by atoms with Gasteiger partial charge in [-0.2, -0.15) is 0 Å². The second-order valence-corrected chi connectivity index (χ2v) is 10.6. The Balaban J connectivity index is 2.28. The predicted molar refractivity (Wildman–Crippen MR) is 82.5 cm³/mol. The Labute approximate surface area is 116 Å². The van der Waals surface area contributed by atoms with Gasteiger partial charge in [0.15, 0.2) is 0 Å². The first-order valence-electron chi connectivity index (χ1n) is 6.42. The molecule has 0 fully saturated rings. The maximum atomic E-state index is 6.01. The molecule has 0 N–H and O–H groups in total. The number of para-hydroxylation sites is 1. The summed E-state index contributed by atoms with van der Waals surface area (Å²) in [6, 6.07) is 16.0. The molecule has 3 heteroatoms. The fourth-order valence-corrected chi connectivity index (χ4v) is 3.42. The van der Waals surface area contributed by atoms with Crippen LogP contribution in [0.4, 0.5) is 0 Å². The normalized spacial score (nSPS) is 11.2. The van der Waals surface area contributed by atoms with Crippen LogP contribution in [0, 0.1) is 0 Å². The van der Waals surface area contributed by atoms with Crippen LogP contribution < -0.4 is 14.7 Å². The van der Waals surface area contributed by atoms with Crippen LogP contribution in [-0.2, 0) is 0 Å². The first-order chi connectivity index (χ1) is 9.00. The number of methoxy groups -OCH3 is 1. The van der Waals surface area contributed by atoms with Crippen LogP contribution in [0.15, 0.2) is 48.5 Å². The summed E-state index contributed by atoms with van der Waals surface area (Å²) in [4.78, 5) is 0. The number of hydrogen-bond donors (Lipinski definition) is 0. The van der Waals surface area contributed by atoms with Crippen LogP contribution in [0.5, 0.6) is 17.2 Å². The quantitative estimate of drug-likeness (QED) is 0.782. The fraction of sp³-hybridized carbons (Fsp3) is 0.250. The Kier molecular flexibility index (Phi) is 3.95. The van der Waals surface area contributed by atoms with Gasteiger partial charge < -0.3 is 9.47 Å². The zero-order valence-corrected chi connectivity index (χ0v) is 12.9. The molecule has 2 aromatic rings. The van der Waals surface area contributed by atoms with Crippen molar-refractivity contribution in [2.24, 2.45) is 0 Å². The molecule has 2 nitrogen and oxygen atoms in total. The lowest BCUT2D eigenvalue weighted by Gasteiger charge is -2.20. The van der Waals surface area contributed by atoms with Gasteiger partial charge in [-0.15, -0.1) is 0 Å². The number of ether oxygens (including phenoxy) is 2. The maximum Gasteiger partial charge on any atom is 0.127 e. The molecule has 100 valence electrons. The van der Waals surface area contributed by atoms with Gasteiger partial charge in [-0.1, -0.05) is 37.8 Å². The summed E-state index contributed by atoms with van der Waals surface area (Å²) in [6.45, 7) is 6.97. The number of hydrogen-bond acceptors (Lipinski definition) is 2. The Morgan fingerprint density at radius 3 is 1.95 bits per heavy atom. The van der Waals surface area contributed by atoms with E-state index in [4.69, 9.17) is 9.47 Å². The molecule has 0 unspecified atom stereocenters. The largest absolute Gasteiger partial charge is 0.497 e. The highest BCUT2D eigenvalue weighted by Crippen LogP contribution is 2.24. The summed E-state index contributed by atoms with van der Waals surface area (Å²) in [7, 11) is 0.264. The van der Waals surface area contributed by atoms with Crippen molar-refractivity contribution in [3.05, 3.63) is 48.5 Å². The van der Waals surface area contributed by atoms with Gasteiger partial charge >= 0.3 is 0 Å². The molecular weight excluding hydrogens is 252 g/mol. The highest BCUT2D eigenvalue weighted by atomic mass is 28.3. The average Bonchev–Trinajstić information content (AvgIpc) is 2.39. The van der Waals surface area contributed by atoms with Crippen molar-refractivity contribution in [2.75, 3.05) is 7.11 Å². The van der Waals surface area contributed by atoms with E-state index in [1.807, 2.05) is 36.4 Å². The van der Waals surface area contributed by atoms with Crippen molar-refractivity contribution in [1.82, 2.24) is 0 Å². The molecule has 0 radical (unpaired) electrons. The van der Waals surface area contributed by atoms with E-state index in [2.05, 4.69) is 31.8 Å². The minimum absolute atomic E-state index is 0.839. The summed E-state index contributed by atoms with van der Waals surface area (Å²) in [5.74, 6) is 2.64. The minimum Gasteiger partial charge on any atom is -0.497 e. The van der Waals surface area contributed by atoms with Gasteiger partial charge in [-0.25, -0.2) is 0 Å². The zero-order chi connectivity index (χ0) is 13.9. The van der Waals surface area contributed by atoms with E-state index in [-0.39, 0.29) is 0 Å². The van der Waals surface area contributed by atoms with Gasteiger partial charge in [-0.3, -0.25) is 0 Å². The first-order valence-corrected chi connectivity index (χ1v) is 9.92. The van der Waals surface area contributed by atoms with Crippen molar-refractivity contribution in [1.29, 1.82) is 0 Å². The molecule has 0 aliphatic carbocycles. The highest BCUT2D eigenvalue weighted by molar-refractivity contribution is 6.89. The maximum absolute atomic E-state index is 6.01. The van der Waals surface area contributed by atoms with E-state index in [1.165, 1.54) is 5.19 Å². The third kappa shape index (κ3) is 3.38. The minimum atomic E-state index is -1.40. The van der Waals surface area contributed by atoms with Crippen molar-refractivity contribution in [3.63, 3.8) is 0 Å². The van der Waals surface area contributed by atoms with Crippen molar-refractivity contribution < 1.29 is 9.47 Å². The predicted octanol–water partition coefficient (Wildman–Crippen LogP) is 4.03. The van der Waals surface area contributed by atoms with E-state index in [9.17, 15) is 0 Å². The molecule has 0 aliphatic heterocycles. The summed E-state index contributed by atoms with van der Waals surface area (Å²) >= 11 is 0. The molecule has 19 heavy (non-hydrogen) atoms. The summed E-state index contributed by atoms with van der Waals surface area (Å²) in [6.07, 6.45) is 0. The number of benzene rings is 2. The summed E-state index contributed by atoms with van der Waals surface area (Å²) in [5, 5.41) is 1.34. The van der Waals surface area contributed by atoms with Crippen LogP contribution in [0.3, 0.4) is 0 Å². The second-order valence-electron chi connectivity index (χ2n) is 5.52. The van der Waals surface area contributed by atoms with Gasteiger partial charge in [-0.05, 0) is 35.5 Å². The van der Waals surface area contributed by atoms with Crippen LogP contribution >= 0.6 is 0 Å². The molecule has 0 heterocycles. The third-order valence-corrected chi connectivity index (χ3v) is 5.01. The zero-order valence-electron chi connectivity index (χ0n) is 11.9. The second kappa shape index (κ2) is 5.49. The molecule has 0 spiro atoms. The van der Waals surface area contributed by atoms with E-state index in [1.54, 1.807) is 7.11 Å². The smallest absolute Gasteiger partial charge is 0.127 e. The molecular formula is C16H20O2Si. The lowest BCUT2D eigenvalue weighted by molar-refractivity contribution is 0.413. The van der Waals surface area contributed by atoms with Crippen molar-refractivity contribution >= 4 is 13.3 Å². The Morgan fingerprint density at radius 2 is 1.37 bits per heavy atom. The lowest BCUT2D eigenvalue weighted by atomic mass is 10.3. The molecule has 0 aliphatic rings. The fourth-order valence-electron chi connectivity index (χ4n) is 1.95. The lowest BCUT2D eigenvalue weighted by Crippen LogP contribution is -2.38. The molecule has 0 bridgehead atoms. The molecule has 0 saturated carbocycles. The Hall–Kier alpha value is -1.74. The van der Waals surface area contributed by atoms with Gasteiger partial charge in [0.25, 0.3) is 0 Å². The van der Waals surface area contributed by atoms with Crippen molar-refractivity contribution in [3.8, 4) is 17.2 Å². The van der Waals surface area contributed by atoms with Crippen LogP contribution in [0.2, 0.25) is 19.6 Å². The monoisotopic (exact) mass is 272 g/mol. The van der Waals surface area contributed by atoms with E-state index in [0.29, 0.717) is 0 Å². The Bertz CT molecular complexity index is 541. The highest BCUT2D eigenvalue weighted by Gasteiger charge is 2.20. The topological polar surface area (TPSA) is 18.5 Å². The van der Waals surface area contributed by atoms with Crippen LogP contribution in [-0.4, -0.2) is 15.2 Å². The van der Waals surface area contributed by atoms with Gasteiger partial charge in [0.2, 0.25) is 0 Å². The molecule has 0 amide bonds. The third-order valence-electron chi connectivity index (χ3n) is 2.98. The first kappa shape index (κ1) is 13.7. The van der Waals surface area contributed by atoms with Gasteiger partial charge in [0, 0.05) is 0 Å². The standard InChI is InChI=1S/C16H20O2Si/c1-17-13-9-11-14(12-10-13)18-15-7-5-6-8-16(15)19(2,3)4/h5-12H,1-4H3. The van der Waals surface area contributed by atoms with Gasteiger partial charge in [0.1, 0.15) is 17.2 Å². The van der Waals surface area contributed by atoms with E-state index < -0.39 is 8.07 Å². The van der Waals surface area contributed by atoms with E-state index >= 15 is 0 Å². The van der Waals surface area contributed by atoms with Crippen LogP contribution in [0.1, 0.15) is 0 Å². The SMILES string of the molecule is COc1ccc(Oc2ccccc2[Si](C)(C)C)cc1. The Morgan fingerprint density at radius 1 is 0.789 bits per heavy atom. The summed E-state index contributed by atoms with van der Waals surface area (Å²) < 4.78 is 11.2. The molecule has 0 saturated heterocycles. The molecule has 0 atom stereocenters. The van der Waals surface area contributed by atoms with Crippen molar-refractivity contribution in [2.45, 2.75) is 19.6 Å². The summed E-state index contributed by atoms with van der Waals surface area (Å²) in [5.41, 5.74) is 0. The van der Waals surface area contributed by atoms with Crippen LogP contribution in [0.25, 0.3) is 0 Å². The van der Waals surface area contributed by atoms with E-state index in [0.717, 1.165) is 17.2 Å². The molecule has 2 aromatic carbocycles. The average molecular weight is 272 g/mol. The number of rotatable bonds is 4. The molecule has 0 aromatic heterocycles. The van der Waals surface area contributed by atoms with Gasteiger partial charge in [0.05, 0.1) is 15.2 Å².